The lowest BCUT2D eigenvalue weighted by atomic mass is 9.73. The smallest absolute Gasteiger partial charge is 0.241 e. The molecule has 2 fully saturated rings. The molecule has 1 unspecified atom stereocenters. The summed E-state index contributed by atoms with van der Waals surface area (Å²) in [5.74, 6) is -5.68. The highest BCUT2D eigenvalue weighted by atomic mass is 79.9. The van der Waals surface area contributed by atoms with Crippen LogP contribution in [-0.4, -0.2) is 94.4 Å². The maximum absolute atomic E-state index is 13.6. The average molecular weight is 664 g/mol. The van der Waals surface area contributed by atoms with Crippen molar-refractivity contribution in [2.24, 2.45) is 11.8 Å². The summed E-state index contributed by atoms with van der Waals surface area (Å²) >= 11 is 14.1. The molecular weight excluding hydrogens is 632 g/mol. The maximum atomic E-state index is 13.6. The molecule has 1 atom stereocenters. The van der Waals surface area contributed by atoms with E-state index in [-0.39, 0.29) is 28.7 Å². The molecule has 0 radical (unpaired) electrons. The van der Waals surface area contributed by atoms with Crippen molar-refractivity contribution in [3.8, 4) is 11.5 Å². The first-order valence-electron chi connectivity index (χ1n) is 12.1. The van der Waals surface area contributed by atoms with Crippen molar-refractivity contribution in [2.75, 3.05) is 34.8 Å². The number of thiocarbonyl (C=S) groups is 2. The Balaban J connectivity index is 0.00000533. The van der Waals surface area contributed by atoms with Gasteiger partial charge >= 0.3 is 0 Å². The Morgan fingerprint density at radius 1 is 0.846 bits per heavy atom. The van der Waals surface area contributed by atoms with E-state index in [9.17, 15) is 19.2 Å². The predicted molar refractivity (Wildman–Crippen MR) is 159 cm³/mol. The summed E-state index contributed by atoms with van der Waals surface area (Å²) in [4.78, 5) is 59.1. The van der Waals surface area contributed by atoms with Crippen LogP contribution in [-0.2, 0) is 19.2 Å². The van der Waals surface area contributed by atoms with Crippen LogP contribution in [0.1, 0.15) is 38.7 Å². The Bertz CT molecular complexity index is 1110. The fraction of sp³-hybridized carbons (Fsp3) is 0.520. The number of hydrogen-bond acceptors (Lipinski definition) is 8. The molecule has 1 aromatic rings. The Hall–Kier alpha value is -2.35. The van der Waals surface area contributed by atoms with Crippen molar-refractivity contribution in [3.63, 3.8) is 0 Å². The third kappa shape index (κ3) is 5.91. The van der Waals surface area contributed by atoms with E-state index in [4.69, 9.17) is 33.9 Å². The highest BCUT2D eigenvalue weighted by Gasteiger charge is 2.54. The normalized spacial score (nSPS) is 18.3. The summed E-state index contributed by atoms with van der Waals surface area (Å²) in [5.41, 5.74) is 0.375. The van der Waals surface area contributed by atoms with E-state index in [1.807, 2.05) is 20.8 Å². The third-order valence-electron chi connectivity index (χ3n) is 6.86. The zero-order valence-corrected chi connectivity index (χ0v) is 26.8. The lowest BCUT2D eigenvalue weighted by molar-refractivity contribution is -0.152. The van der Waals surface area contributed by atoms with Gasteiger partial charge in [-0.1, -0.05) is 6.92 Å². The van der Waals surface area contributed by atoms with Gasteiger partial charge in [0.2, 0.25) is 23.6 Å². The quantitative estimate of drug-likeness (QED) is 0.309. The van der Waals surface area contributed by atoms with Gasteiger partial charge in [0.25, 0.3) is 0 Å². The van der Waals surface area contributed by atoms with Crippen LogP contribution >= 0.6 is 52.8 Å². The number of rotatable bonds is 8. The van der Waals surface area contributed by atoms with Gasteiger partial charge in [-0.05, 0) is 78.3 Å². The van der Waals surface area contributed by atoms with Gasteiger partial charge in [0.05, 0.1) is 17.2 Å². The molecule has 0 N–H and O–H groups in total. The summed E-state index contributed by atoms with van der Waals surface area (Å²) in [7, 11) is 5.83. The molecule has 2 saturated heterocycles. The van der Waals surface area contributed by atoms with Gasteiger partial charge in [-0.15, -0.1) is 12.4 Å². The van der Waals surface area contributed by atoms with Gasteiger partial charge in [-0.2, -0.15) is 0 Å². The first kappa shape index (κ1) is 32.9. The van der Waals surface area contributed by atoms with Crippen molar-refractivity contribution in [3.05, 3.63) is 22.2 Å². The molecule has 0 spiro atoms. The van der Waals surface area contributed by atoms with Crippen molar-refractivity contribution in [2.45, 2.75) is 39.2 Å². The fourth-order valence-corrected chi connectivity index (χ4v) is 5.42. The van der Waals surface area contributed by atoms with Crippen LogP contribution in [0.4, 0.5) is 0 Å². The fourth-order valence-electron chi connectivity index (χ4n) is 4.51. The first-order valence-corrected chi connectivity index (χ1v) is 13.7. The van der Waals surface area contributed by atoms with Crippen LogP contribution in [0.25, 0.3) is 0 Å². The Morgan fingerprint density at radius 3 is 1.62 bits per heavy atom. The number of carbonyl (C=O) groups is 4. The number of ether oxygens (including phenoxy) is 2. The Morgan fingerprint density at radius 2 is 1.26 bits per heavy atom. The van der Waals surface area contributed by atoms with E-state index >= 15 is 0 Å². The van der Waals surface area contributed by atoms with Crippen LogP contribution in [0.3, 0.4) is 0 Å². The van der Waals surface area contributed by atoms with Gasteiger partial charge in [0.1, 0.15) is 11.8 Å². The number of benzene rings is 1. The molecule has 0 aliphatic carbocycles. The van der Waals surface area contributed by atoms with Gasteiger partial charge in [0, 0.05) is 34.1 Å². The zero-order valence-electron chi connectivity index (χ0n) is 22.7. The van der Waals surface area contributed by atoms with Crippen LogP contribution in [0.2, 0.25) is 0 Å². The molecule has 2 aliphatic rings. The standard InChI is InChI=1S/C25H31BrN4O6S2.ClH/c1-8-12(3)36-19-14(26)10-13(11-15(19)35-9-2)16(17-20(31)27(4)24(37)28(5)21(17)32)18-22(33)29(6)25(38)30(7)23(18)34;/h10-12,16-18H,8-9H2,1-7H3;1H. The molecular formula is C25H32BrClN4O6S2. The average Bonchev–Trinajstić information content (AvgIpc) is 2.89. The molecule has 0 aromatic heterocycles. The minimum Gasteiger partial charge on any atom is -0.490 e. The monoisotopic (exact) mass is 662 g/mol. The van der Waals surface area contributed by atoms with Gasteiger partial charge < -0.3 is 9.47 Å². The number of amides is 4. The number of halogens is 2. The summed E-state index contributed by atoms with van der Waals surface area (Å²) in [6, 6.07) is 3.28. The minimum absolute atomic E-state index is 0. The van der Waals surface area contributed by atoms with Crippen LogP contribution < -0.4 is 9.47 Å². The van der Waals surface area contributed by atoms with Crippen molar-refractivity contribution in [1.82, 2.24) is 19.6 Å². The molecule has 14 heteroatoms. The summed E-state index contributed by atoms with van der Waals surface area (Å²) in [5, 5.41) is 0.0559. The maximum Gasteiger partial charge on any atom is 0.241 e. The second-order valence-corrected chi connectivity index (χ2v) is 10.8. The summed E-state index contributed by atoms with van der Waals surface area (Å²) in [6.45, 7) is 6.02. The van der Waals surface area contributed by atoms with Crippen LogP contribution in [0.15, 0.2) is 16.6 Å². The Labute approximate surface area is 253 Å². The van der Waals surface area contributed by atoms with Crippen molar-refractivity contribution >= 4 is 86.6 Å². The van der Waals surface area contributed by atoms with E-state index in [1.54, 1.807) is 12.1 Å². The summed E-state index contributed by atoms with van der Waals surface area (Å²) < 4.78 is 12.4. The highest BCUT2D eigenvalue weighted by Crippen LogP contribution is 2.45. The first-order chi connectivity index (χ1) is 17.8. The van der Waals surface area contributed by atoms with Crippen molar-refractivity contribution < 1.29 is 28.7 Å². The van der Waals surface area contributed by atoms with E-state index in [0.717, 1.165) is 6.42 Å². The molecule has 2 heterocycles. The van der Waals surface area contributed by atoms with Crippen LogP contribution in [0.5, 0.6) is 11.5 Å². The van der Waals surface area contributed by atoms with Gasteiger partial charge in [-0.25, -0.2) is 0 Å². The predicted octanol–water partition coefficient (Wildman–Crippen LogP) is 3.19. The molecule has 4 amide bonds. The molecule has 214 valence electrons. The SMILES string of the molecule is CCOc1cc(C(C2C(=O)N(C)C(=S)N(C)C2=O)C2C(=O)N(C)C(=S)N(C)C2=O)cc(Br)c1OC(C)CC.Cl. The molecule has 3 rings (SSSR count). The molecule has 0 saturated carbocycles. The number of carbonyl (C=O) groups excluding carboxylic acids is 4. The Kier molecular flexibility index (Phi) is 10.9. The van der Waals surface area contributed by atoms with Crippen LogP contribution in [0, 0.1) is 11.8 Å². The molecule has 0 bridgehead atoms. The largest absolute Gasteiger partial charge is 0.490 e. The van der Waals surface area contributed by atoms with E-state index in [1.165, 1.54) is 47.8 Å². The second-order valence-electron chi connectivity index (χ2n) is 9.24. The van der Waals surface area contributed by atoms with E-state index in [2.05, 4.69) is 15.9 Å². The molecule has 39 heavy (non-hydrogen) atoms. The molecule has 10 nitrogen and oxygen atoms in total. The third-order valence-corrected chi connectivity index (χ3v) is 8.55. The molecule has 1 aromatic carbocycles. The van der Waals surface area contributed by atoms with E-state index in [0.29, 0.717) is 28.1 Å². The minimum atomic E-state index is -1.41. The zero-order chi connectivity index (χ0) is 28.6. The highest BCUT2D eigenvalue weighted by molar-refractivity contribution is 9.10. The topological polar surface area (TPSA) is 99.7 Å². The number of nitrogens with zero attached hydrogens (tertiary/aromatic N) is 4. The molecule has 2 aliphatic heterocycles. The second kappa shape index (κ2) is 12.9. The van der Waals surface area contributed by atoms with Crippen molar-refractivity contribution in [1.29, 1.82) is 0 Å². The van der Waals surface area contributed by atoms with Gasteiger partial charge in [0.15, 0.2) is 21.7 Å². The lowest BCUT2D eigenvalue weighted by Crippen LogP contribution is -2.63. The summed E-state index contributed by atoms with van der Waals surface area (Å²) in [6.07, 6.45) is 0.622. The lowest BCUT2D eigenvalue weighted by Gasteiger charge is -2.43. The van der Waals surface area contributed by atoms with Gasteiger partial charge in [-0.3, -0.25) is 38.8 Å². The number of hydrogen-bond donors (Lipinski definition) is 0. The van der Waals surface area contributed by atoms with E-state index < -0.39 is 41.4 Å².